The number of carbonyl (C=O) groups is 1. The van der Waals surface area contributed by atoms with E-state index in [1.54, 1.807) is 18.2 Å². The van der Waals surface area contributed by atoms with Crippen LogP contribution in [0.5, 0.6) is 6.01 Å². The summed E-state index contributed by atoms with van der Waals surface area (Å²) in [7, 11) is 0. The highest BCUT2D eigenvalue weighted by Gasteiger charge is 2.45. The van der Waals surface area contributed by atoms with Gasteiger partial charge in [-0.2, -0.15) is 9.67 Å². The third-order valence-electron chi connectivity index (χ3n) is 4.79. The molecule has 6 heteroatoms. The summed E-state index contributed by atoms with van der Waals surface area (Å²) in [5, 5.41) is 4.26. The Kier molecular flexibility index (Phi) is 4.94. The molecule has 0 saturated heterocycles. The van der Waals surface area contributed by atoms with Gasteiger partial charge in [0.25, 0.3) is 5.91 Å². The van der Waals surface area contributed by atoms with E-state index in [-0.39, 0.29) is 41.1 Å². The van der Waals surface area contributed by atoms with E-state index in [0.717, 1.165) is 12.0 Å². The Bertz CT molecular complexity index is 984. The summed E-state index contributed by atoms with van der Waals surface area (Å²) in [6, 6.07) is 16.3. The number of halogens is 1. The topological polar surface area (TPSA) is 57.0 Å². The normalized spacial score (nSPS) is 18.3. The summed E-state index contributed by atoms with van der Waals surface area (Å²) in [4.78, 5) is 17.4. The number of nitrogens with zero attached hydrogens (tertiary/aromatic N) is 3. The third-order valence-corrected chi connectivity index (χ3v) is 4.79. The van der Waals surface area contributed by atoms with E-state index in [1.807, 2.05) is 44.2 Å². The van der Waals surface area contributed by atoms with Crippen molar-refractivity contribution in [3.05, 3.63) is 66.0 Å². The Hall–Kier alpha value is -3.02. The van der Waals surface area contributed by atoms with E-state index >= 15 is 0 Å². The Labute approximate surface area is 163 Å². The minimum Gasteiger partial charge on any atom is -0.462 e. The first-order valence-electron chi connectivity index (χ1n) is 9.48. The van der Waals surface area contributed by atoms with Gasteiger partial charge in [-0.05, 0) is 36.0 Å². The quantitative estimate of drug-likeness (QED) is 0.630. The third kappa shape index (κ3) is 3.67. The summed E-state index contributed by atoms with van der Waals surface area (Å²) in [5.41, 5.74) is 1.37. The lowest BCUT2D eigenvalue weighted by Crippen LogP contribution is -2.17. The molecular weight excluding hydrogens is 357 g/mol. The average Bonchev–Trinajstić information content (AvgIpc) is 3.39. The fourth-order valence-electron chi connectivity index (χ4n) is 3.26. The molecular formula is C22H22FN3O2. The van der Waals surface area contributed by atoms with E-state index in [0.29, 0.717) is 6.61 Å². The minimum absolute atomic E-state index is 0.0946. The summed E-state index contributed by atoms with van der Waals surface area (Å²) in [6.07, 6.45) is 0.752. The predicted molar refractivity (Wildman–Crippen MR) is 104 cm³/mol. The lowest BCUT2D eigenvalue weighted by Gasteiger charge is -2.05. The Balaban J connectivity index is 1.65. The number of hydrogen-bond donors (Lipinski definition) is 0. The highest BCUT2D eigenvalue weighted by molar-refractivity contribution is 5.87. The van der Waals surface area contributed by atoms with Crippen LogP contribution >= 0.6 is 0 Å². The van der Waals surface area contributed by atoms with Gasteiger partial charge < -0.3 is 4.74 Å². The maximum absolute atomic E-state index is 14.4. The van der Waals surface area contributed by atoms with E-state index in [1.165, 1.54) is 10.7 Å². The van der Waals surface area contributed by atoms with Crippen molar-refractivity contribution in [2.75, 3.05) is 6.61 Å². The number of ether oxygens (including phenoxy) is 1. The van der Waals surface area contributed by atoms with Gasteiger partial charge in [0, 0.05) is 5.92 Å². The molecule has 5 nitrogen and oxygen atoms in total. The zero-order chi connectivity index (χ0) is 19.7. The molecule has 1 aliphatic rings. The number of aromatic nitrogens is 3. The van der Waals surface area contributed by atoms with Gasteiger partial charge in [-0.15, -0.1) is 5.10 Å². The molecule has 1 heterocycles. The molecule has 0 bridgehead atoms. The minimum atomic E-state index is -0.449. The van der Waals surface area contributed by atoms with Crippen LogP contribution < -0.4 is 4.74 Å². The molecule has 1 aliphatic carbocycles. The highest BCUT2D eigenvalue weighted by atomic mass is 19.1. The first kappa shape index (κ1) is 18.3. The summed E-state index contributed by atoms with van der Waals surface area (Å²) in [5.74, 6) is -0.196. The van der Waals surface area contributed by atoms with Crippen molar-refractivity contribution in [2.45, 2.75) is 26.2 Å². The molecule has 1 fully saturated rings. The lowest BCUT2D eigenvalue weighted by atomic mass is 10.1. The van der Waals surface area contributed by atoms with Gasteiger partial charge >= 0.3 is 6.01 Å². The number of hydrogen-bond acceptors (Lipinski definition) is 4. The Morgan fingerprint density at radius 3 is 2.61 bits per heavy atom. The molecule has 0 radical (unpaired) electrons. The second-order valence-corrected chi connectivity index (χ2v) is 7.51. The molecule has 144 valence electrons. The SMILES string of the molecule is CC(C)COc1nc(-c2ccccc2F)n(C(=O)C2CC2c2ccccc2)n1. The maximum Gasteiger partial charge on any atom is 0.336 e. The molecule has 0 aliphatic heterocycles. The van der Waals surface area contributed by atoms with Crippen LogP contribution in [0.4, 0.5) is 4.39 Å². The van der Waals surface area contributed by atoms with Crippen molar-refractivity contribution >= 4 is 5.91 Å². The van der Waals surface area contributed by atoms with E-state index < -0.39 is 5.82 Å². The van der Waals surface area contributed by atoms with Gasteiger partial charge in [-0.1, -0.05) is 56.3 Å². The molecule has 3 aromatic rings. The second kappa shape index (κ2) is 7.54. The Morgan fingerprint density at radius 1 is 1.18 bits per heavy atom. The fraction of sp³-hybridized carbons (Fsp3) is 0.318. The maximum atomic E-state index is 14.4. The Morgan fingerprint density at radius 2 is 1.89 bits per heavy atom. The molecule has 28 heavy (non-hydrogen) atoms. The number of carbonyl (C=O) groups excluding carboxylic acids is 1. The van der Waals surface area contributed by atoms with E-state index in [4.69, 9.17) is 4.74 Å². The summed E-state index contributed by atoms with van der Waals surface area (Å²) in [6.45, 7) is 4.44. The molecule has 2 atom stereocenters. The van der Waals surface area contributed by atoms with Gasteiger partial charge in [0.2, 0.25) is 0 Å². The van der Waals surface area contributed by atoms with Crippen molar-refractivity contribution in [1.29, 1.82) is 0 Å². The zero-order valence-corrected chi connectivity index (χ0v) is 15.9. The van der Waals surface area contributed by atoms with Crippen molar-refractivity contribution in [2.24, 2.45) is 11.8 Å². The van der Waals surface area contributed by atoms with Crippen LogP contribution in [0.25, 0.3) is 11.4 Å². The largest absolute Gasteiger partial charge is 0.462 e. The van der Waals surface area contributed by atoms with Crippen LogP contribution in [0, 0.1) is 17.7 Å². The van der Waals surface area contributed by atoms with E-state index in [2.05, 4.69) is 10.1 Å². The number of rotatable bonds is 6. The van der Waals surface area contributed by atoms with Crippen LogP contribution in [-0.2, 0) is 0 Å². The van der Waals surface area contributed by atoms with Crippen LogP contribution in [0.2, 0.25) is 0 Å². The van der Waals surface area contributed by atoms with Crippen molar-refractivity contribution < 1.29 is 13.9 Å². The molecule has 1 aromatic heterocycles. The molecule has 0 spiro atoms. The molecule has 0 N–H and O–H groups in total. The standard InChI is InChI=1S/C22H22FN3O2/c1-14(2)13-28-22-24-20(16-10-6-7-11-19(16)23)26(25-22)21(27)18-12-17(18)15-8-4-3-5-9-15/h3-11,14,17-18H,12-13H2,1-2H3. The van der Waals surface area contributed by atoms with Gasteiger partial charge in [0.15, 0.2) is 5.82 Å². The predicted octanol–water partition coefficient (Wildman–Crippen LogP) is 4.56. The molecule has 0 amide bonds. The molecule has 4 rings (SSSR count). The molecule has 1 saturated carbocycles. The van der Waals surface area contributed by atoms with Crippen molar-refractivity contribution in [3.8, 4) is 17.4 Å². The zero-order valence-electron chi connectivity index (χ0n) is 15.9. The highest BCUT2D eigenvalue weighted by Crippen LogP contribution is 2.48. The summed E-state index contributed by atoms with van der Waals surface area (Å²) < 4.78 is 21.2. The summed E-state index contributed by atoms with van der Waals surface area (Å²) >= 11 is 0. The van der Waals surface area contributed by atoms with Gasteiger partial charge in [-0.3, -0.25) is 4.79 Å². The number of benzene rings is 2. The van der Waals surface area contributed by atoms with Gasteiger partial charge in [-0.25, -0.2) is 4.39 Å². The van der Waals surface area contributed by atoms with Crippen LogP contribution in [0.15, 0.2) is 54.6 Å². The molecule has 2 unspecified atom stereocenters. The molecule has 2 aromatic carbocycles. The smallest absolute Gasteiger partial charge is 0.336 e. The lowest BCUT2D eigenvalue weighted by molar-refractivity contribution is 0.0866. The van der Waals surface area contributed by atoms with Crippen molar-refractivity contribution in [1.82, 2.24) is 14.8 Å². The van der Waals surface area contributed by atoms with Crippen LogP contribution in [0.1, 0.15) is 36.5 Å². The first-order chi connectivity index (χ1) is 13.5. The van der Waals surface area contributed by atoms with Crippen LogP contribution in [-0.4, -0.2) is 27.3 Å². The fourth-order valence-corrected chi connectivity index (χ4v) is 3.26. The first-order valence-corrected chi connectivity index (χ1v) is 9.48. The monoisotopic (exact) mass is 379 g/mol. The second-order valence-electron chi connectivity index (χ2n) is 7.51. The van der Waals surface area contributed by atoms with Gasteiger partial charge in [0.05, 0.1) is 12.2 Å². The van der Waals surface area contributed by atoms with E-state index in [9.17, 15) is 9.18 Å². The average molecular weight is 379 g/mol. The van der Waals surface area contributed by atoms with Crippen molar-refractivity contribution in [3.63, 3.8) is 0 Å². The van der Waals surface area contributed by atoms with Gasteiger partial charge in [0.1, 0.15) is 5.82 Å². The van der Waals surface area contributed by atoms with Crippen LogP contribution in [0.3, 0.4) is 0 Å².